The van der Waals surface area contributed by atoms with Crippen LogP contribution in [0.3, 0.4) is 0 Å². The molecule has 0 saturated carbocycles. The van der Waals surface area contributed by atoms with Gasteiger partial charge >= 0.3 is 0 Å². The van der Waals surface area contributed by atoms with Crippen molar-refractivity contribution in [3.63, 3.8) is 0 Å². The first-order valence-corrected chi connectivity index (χ1v) is 7.35. The highest BCUT2D eigenvalue weighted by molar-refractivity contribution is 14.0. The molecule has 1 aromatic carbocycles. The topological polar surface area (TPSA) is 66.5 Å². The fraction of sp³-hybridized carbons (Fsp3) is 0.438. The van der Waals surface area contributed by atoms with Gasteiger partial charge in [-0.05, 0) is 19.4 Å². The summed E-state index contributed by atoms with van der Waals surface area (Å²) in [7, 11) is 3.80. The van der Waals surface area contributed by atoms with Crippen LogP contribution in [-0.4, -0.2) is 41.6 Å². The van der Waals surface area contributed by atoms with Crippen LogP contribution < -0.4 is 5.32 Å². The molecule has 0 aliphatic heterocycles. The fourth-order valence-electron chi connectivity index (χ4n) is 2.15. The van der Waals surface area contributed by atoms with Gasteiger partial charge in [-0.2, -0.15) is 4.98 Å². The quantitative estimate of drug-likeness (QED) is 0.450. The van der Waals surface area contributed by atoms with Crippen LogP contribution in [0, 0.1) is 13.8 Å². The lowest BCUT2D eigenvalue weighted by Gasteiger charge is -2.22. The Balaban J connectivity index is 0.00000264. The van der Waals surface area contributed by atoms with Gasteiger partial charge in [0.05, 0.1) is 0 Å². The van der Waals surface area contributed by atoms with Crippen LogP contribution in [0.1, 0.15) is 22.8 Å². The second-order valence-corrected chi connectivity index (χ2v) is 5.30. The van der Waals surface area contributed by atoms with E-state index in [0.29, 0.717) is 24.7 Å². The van der Waals surface area contributed by atoms with Gasteiger partial charge in [-0.1, -0.05) is 35.0 Å². The van der Waals surface area contributed by atoms with E-state index in [1.807, 2.05) is 14.0 Å². The van der Waals surface area contributed by atoms with Crippen molar-refractivity contribution in [2.75, 3.05) is 20.6 Å². The highest BCUT2D eigenvalue weighted by atomic mass is 127. The smallest absolute Gasteiger partial charge is 0.228 e. The summed E-state index contributed by atoms with van der Waals surface area (Å²) in [5.74, 6) is 2.15. The maximum Gasteiger partial charge on any atom is 0.228 e. The molecule has 0 saturated heterocycles. The Morgan fingerprint density at radius 1 is 1.26 bits per heavy atom. The van der Waals surface area contributed by atoms with Crippen molar-refractivity contribution in [3.8, 4) is 0 Å². The van der Waals surface area contributed by atoms with Crippen LogP contribution in [0.2, 0.25) is 0 Å². The van der Waals surface area contributed by atoms with Gasteiger partial charge in [0.15, 0.2) is 11.8 Å². The number of halogens is 1. The van der Waals surface area contributed by atoms with E-state index in [4.69, 9.17) is 4.52 Å². The SMILES string of the molecule is CN=C(NCCc1nc(C)no1)N(C)Cc1ccc(C)cc1.I. The predicted molar refractivity (Wildman–Crippen MR) is 102 cm³/mol. The third-order valence-corrected chi connectivity index (χ3v) is 3.31. The lowest BCUT2D eigenvalue weighted by atomic mass is 10.1. The number of aryl methyl sites for hydroxylation is 2. The molecule has 0 aliphatic rings. The average Bonchev–Trinajstić information content (AvgIpc) is 2.91. The van der Waals surface area contributed by atoms with Crippen molar-refractivity contribution >= 4 is 29.9 Å². The minimum Gasteiger partial charge on any atom is -0.356 e. The van der Waals surface area contributed by atoms with Gasteiger partial charge in [-0.15, -0.1) is 24.0 Å². The number of benzene rings is 1. The molecule has 7 heteroatoms. The van der Waals surface area contributed by atoms with E-state index >= 15 is 0 Å². The molecule has 0 atom stereocenters. The first kappa shape index (κ1) is 19.4. The Morgan fingerprint density at radius 3 is 2.52 bits per heavy atom. The van der Waals surface area contributed by atoms with Crippen LogP contribution in [0.25, 0.3) is 0 Å². The Morgan fingerprint density at radius 2 is 1.96 bits per heavy atom. The average molecular weight is 429 g/mol. The first-order valence-electron chi connectivity index (χ1n) is 7.35. The molecule has 126 valence electrons. The molecule has 0 aliphatic carbocycles. The maximum atomic E-state index is 5.09. The van der Waals surface area contributed by atoms with Crippen molar-refractivity contribution in [3.05, 3.63) is 47.1 Å². The molecule has 2 aromatic rings. The number of hydrogen-bond donors (Lipinski definition) is 1. The Kier molecular flexibility index (Phi) is 8.01. The molecule has 0 unspecified atom stereocenters. The van der Waals surface area contributed by atoms with E-state index < -0.39 is 0 Å². The summed E-state index contributed by atoms with van der Waals surface area (Å²) in [5, 5.41) is 7.08. The maximum absolute atomic E-state index is 5.09. The molecule has 2 rings (SSSR count). The second kappa shape index (κ2) is 9.49. The molecule has 0 bridgehead atoms. The standard InChI is InChI=1S/C16H23N5O.HI/c1-12-5-7-14(8-6-12)11-21(4)16(17-3)18-10-9-15-19-13(2)20-22-15;/h5-8H,9-11H2,1-4H3,(H,17,18);1H. The molecule has 0 spiro atoms. The fourth-order valence-corrected chi connectivity index (χ4v) is 2.15. The van der Waals surface area contributed by atoms with E-state index in [-0.39, 0.29) is 24.0 Å². The molecular weight excluding hydrogens is 405 g/mol. The first-order chi connectivity index (χ1) is 10.6. The molecule has 0 fully saturated rings. The van der Waals surface area contributed by atoms with E-state index in [2.05, 4.69) is 56.5 Å². The Labute approximate surface area is 154 Å². The van der Waals surface area contributed by atoms with Gasteiger partial charge in [-0.25, -0.2) is 0 Å². The third-order valence-electron chi connectivity index (χ3n) is 3.31. The van der Waals surface area contributed by atoms with Crippen molar-refractivity contribution < 1.29 is 4.52 Å². The number of guanidine groups is 1. The molecule has 1 N–H and O–H groups in total. The monoisotopic (exact) mass is 429 g/mol. The van der Waals surface area contributed by atoms with Crippen LogP contribution in [0.5, 0.6) is 0 Å². The summed E-state index contributed by atoms with van der Waals surface area (Å²) >= 11 is 0. The number of aromatic nitrogens is 2. The minimum absolute atomic E-state index is 0. The summed E-state index contributed by atoms with van der Waals surface area (Å²) in [5.41, 5.74) is 2.52. The van der Waals surface area contributed by atoms with E-state index in [1.54, 1.807) is 7.05 Å². The summed E-state index contributed by atoms with van der Waals surface area (Å²) in [4.78, 5) is 10.6. The Hall–Kier alpha value is -1.64. The van der Waals surface area contributed by atoms with Crippen molar-refractivity contribution in [2.45, 2.75) is 26.8 Å². The zero-order chi connectivity index (χ0) is 15.9. The number of nitrogens with one attached hydrogen (secondary N) is 1. The zero-order valence-corrected chi connectivity index (χ0v) is 16.4. The predicted octanol–water partition coefficient (Wildman–Crippen LogP) is 2.55. The normalized spacial score (nSPS) is 11.0. The van der Waals surface area contributed by atoms with Crippen LogP contribution in [0.15, 0.2) is 33.8 Å². The lowest BCUT2D eigenvalue weighted by Crippen LogP contribution is -2.39. The number of hydrogen-bond acceptors (Lipinski definition) is 4. The largest absolute Gasteiger partial charge is 0.356 e. The molecule has 0 radical (unpaired) electrons. The summed E-state index contributed by atoms with van der Waals surface area (Å²) in [6, 6.07) is 8.52. The number of aliphatic imine (C=N–C) groups is 1. The van der Waals surface area contributed by atoms with Gasteiger partial charge in [0, 0.05) is 33.6 Å². The van der Waals surface area contributed by atoms with Gasteiger partial charge < -0.3 is 14.7 Å². The highest BCUT2D eigenvalue weighted by Gasteiger charge is 2.08. The summed E-state index contributed by atoms with van der Waals surface area (Å²) in [6.07, 6.45) is 0.679. The highest BCUT2D eigenvalue weighted by Crippen LogP contribution is 2.06. The molecular formula is C16H24IN5O. The zero-order valence-electron chi connectivity index (χ0n) is 14.0. The number of nitrogens with zero attached hydrogens (tertiary/aromatic N) is 4. The Bertz CT molecular complexity index is 624. The molecule has 1 aromatic heterocycles. The van der Waals surface area contributed by atoms with Crippen molar-refractivity contribution in [1.29, 1.82) is 0 Å². The lowest BCUT2D eigenvalue weighted by molar-refractivity contribution is 0.373. The van der Waals surface area contributed by atoms with E-state index in [1.165, 1.54) is 11.1 Å². The van der Waals surface area contributed by atoms with Crippen LogP contribution >= 0.6 is 24.0 Å². The van der Waals surface area contributed by atoms with Crippen molar-refractivity contribution in [1.82, 2.24) is 20.4 Å². The van der Waals surface area contributed by atoms with E-state index in [9.17, 15) is 0 Å². The van der Waals surface area contributed by atoms with Crippen LogP contribution in [0.4, 0.5) is 0 Å². The minimum atomic E-state index is 0. The van der Waals surface area contributed by atoms with Gasteiger partial charge in [0.2, 0.25) is 5.89 Å². The molecule has 23 heavy (non-hydrogen) atoms. The van der Waals surface area contributed by atoms with Crippen LogP contribution in [-0.2, 0) is 13.0 Å². The third kappa shape index (κ3) is 6.17. The molecule has 6 nitrogen and oxygen atoms in total. The second-order valence-electron chi connectivity index (χ2n) is 5.30. The molecule has 1 heterocycles. The summed E-state index contributed by atoms with van der Waals surface area (Å²) < 4.78 is 5.09. The summed E-state index contributed by atoms with van der Waals surface area (Å²) in [6.45, 7) is 5.41. The van der Waals surface area contributed by atoms with Gasteiger partial charge in [-0.3, -0.25) is 4.99 Å². The van der Waals surface area contributed by atoms with Gasteiger partial charge in [0.1, 0.15) is 0 Å². The van der Waals surface area contributed by atoms with E-state index in [0.717, 1.165) is 12.5 Å². The van der Waals surface area contributed by atoms with Crippen molar-refractivity contribution in [2.24, 2.45) is 4.99 Å². The number of rotatable bonds is 5. The van der Waals surface area contributed by atoms with Gasteiger partial charge in [0.25, 0.3) is 0 Å². The molecule has 0 amide bonds.